The fraction of sp³-hybridized carbons (Fsp3) is 0.619. The first-order valence-corrected chi connectivity index (χ1v) is 9.98. The summed E-state index contributed by atoms with van der Waals surface area (Å²) in [6, 6.07) is 3.19. The van der Waals surface area contributed by atoms with Crippen molar-refractivity contribution in [3.63, 3.8) is 0 Å². The van der Waals surface area contributed by atoms with Gasteiger partial charge in [0.1, 0.15) is 11.6 Å². The molecular weight excluding hydrogens is 366 g/mol. The first-order chi connectivity index (χ1) is 13.2. The Labute approximate surface area is 162 Å². The molecule has 3 unspecified atom stereocenters. The second kappa shape index (κ2) is 5.67. The standard InChI is InChI=1S/C21H24F2N2O3/c1-20(15-3-2-14(22)6-16(15)23)10-25(19(28)24-20)17-12-4-11-5-13(17)9-21(7-11,8-12)18(26)27/h2-3,6,11-13,17H,4-5,7-10H2,1H3,(H,24,28)(H,26,27). The lowest BCUT2D eigenvalue weighted by atomic mass is 9.47. The van der Waals surface area contributed by atoms with E-state index in [0.29, 0.717) is 25.3 Å². The summed E-state index contributed by atoms with van der Waals surface area (Å²) >= 11 is 0. The Morgan fingerprint density at radius 3 is 2.50 bits per heavy atom. The Morgan fingerprint density at radius 2 is 1.89 bits per heavy atom. The van der Waals surface area contributed by atoms with Crippen LogP contribution in [-0.4, -0.2) is 34.6 Å². The van der Waals surface area contributed by atoms with E-state index in [9.17, 15) is 23.5 Å². The van der Waals surface area contributed by atoms with Gasteiger partial charge in [0.25, 0.3) is 0 Å². The second-order valence-corrected chi connectivity index (χ2v) is 9.56. The molecule has 7 heteroatoms. The monoisotopic (exact) mass is 390 g/mol. The Morgan fingerprint density at radius 1 is 1.21 bits per heavy atom. The molecule has 1 heterocycles. The highest BCUT2D eigenvalue weighted by Gasteiger charge is 2.61. The fourth-order valence-electron chi connectivity index (χ4n) is 6.86. The molecule has 3 atom stereocenters. The lowest BCUT2D eigenvalue weighted by molar-refractivity contribution is -0.170. The van der Waals surface area contributed by atoms with Gasteiger partial charge in [-0.2, -0.15) is 0 Å². The van der Waals surface area contributed by atoms with Crippen LogP contribution < -0.4 is 5.32 Å². The third kappa shape index (κ3) is 2.40. The molecule has 4 aliphatic carbocycles. The zero-order valence-electron chi connectivity index (χ0n) is 15.8. The number of urea groups is 1. The molecular formula is C21H24F2N2O3. The van der Waals surface area contributed by atoms with Crippen molar-refractivity contribution in [2.24, 2.45) is 23.2 Å². The van der Waals surface area contributed by atoms with Crippen molar-refractivity contribution in [2.75, 3.05) is 6.54 Å². The third-order valence-corrected chi connectivity index (χ3v) is 7.69. The normalized spacial score (nSPS) is 41.4. The summed E-state index contributed by atoms with van der Waals surface area (Å²) in [7, 11) is 0. The van der Waals surface area contributed by atoms with Crippen molar-refractivity contribution < 1.29 is 23.5 Å². The van der Waals surface area contributed by atoms with Crippen molar-refractivity contribution >= 4 is 12.0 Å². The van der Waals surface area contributed by atoms with Crippen molar-refractivity contribution in [1.82, 2.24) is 10.2 Å². The highest BCUT2D eigenvalue weighted by atomic mass is 19.1. The molecule has 0 aromatic heterocycles. The molecule has 5 fully saturated rings. The largest absolute Gasteiger partial charge is 0.481 e. The summed E-state index contributed by atoms with van der Waals surface area (Å²) in [5, 5.41) is 12.7. The molecule has 150 valence electrons. The predicted octanol–water partition coefficient (Wildman–Crippen LogP) is 3.48. The lowest BCUT2D eigenvalue weighted by Gasteiger charge is -2.59. The fourth-order valence-corrected chi connectivity index (χ4v) is 6.86. The first-order valence-electron chi connectivity index (χ1n) is 9.98. The Hall–Kier alpha value is -2.18. The van der Waals surface area contributed by atoms with Gasteiger partial charge in [-0.1, -0.05) is 6.07 Å². The predicted molar refractivity (Wildman–Crippen MR) is 96.4 cm³/mol. The number of benzene rings is 1. The number of hydrogen-bond donors (Lipinski definition) is 2. The summed E-state index contributed by atoms with van der Waals surface area (Å²) < 4.78 is 27.7. The third-order valence-electron chi connectivity index (χ3n) is 7.69. The molecule has 28 heavy (non-hydrogen) atoms. The number of nitrogens with zero attached hydrogens (tertiary/aromatic N) is 1. The highest BCUT2D eigenvalue weighted by Crippen LogP contribution is 2.61. The SMILES string of the molecule is CC1(c2ccc(F)cc2F)CN(C2C3CC4CC2CC(C(=O)O)(C4)C3)C(=O)N1. The number of carboxylic acids is 1. The summed E-state index contributed by atoms with van der Waals surface area (Å²) in [4.78, 5) is 26.6. The van der Waals surface area contributed by atoms with Gasteiger partial charge in [0.05, 0.1) is 11.0 Å². The van der Waals surface area contributed by atoms with Crippen LogP contribution in [-0.2, 0) is 10.3 Å². The summed E-state index contributed by atoms with van der Waals surface area (Å²) in [6.07, 6.45) is 3.91. The summed E-state index contributed by atoms with van der Waals surface area (Å²) in [5.74, 6) is -1.24. The lowest BCUT2D eigenvalue weighted by Crippen LogP contribution is -2.61. The van der Waals surface area contributed by atoms with E-state index < -0.39 is 28.6 Å². The number of carbonyl (C=O) groups is 2. The number of carbonyl (C=O) groups excluding carboxylic acids is 1. The quantitative estimate of drug-likeness (QED) is 0.830. The van der Waals surface area contributed by atoms with E-state index in [4.69, 9.17) is 0 Å². The van der Waals surface area contributed by atoms with E-state index in [1.165, 1.54) is 12.1 Å². The van der Waals surface area contributed by atoms with Gasteiger partial charge in [0.15, 0.2) is 0 Å². The second-order valence-electron chi connectivity index (χ2n) is 9.56. The number of carboxylic acid groups (broad SMARTS) is 1. The van der Waals surface area contributed by atoms with Gasteiger partial charge in [-0.05, 0) is 62.8 Å². The van der Waals surface area contributed by atoms with Gasteiger partial charge in [-0.15, -0.1) is 0 Å². The van der Waals surface area contributed by atoms with Crippen molar-refractivity contribution in [2.45, 2.75) is 50.6 Å². The Bertz CT molecular complexity index is 859. The van der Waals surface area contributed by atoms with Gasteiger partial charge in [0.2, 0.25) is 0 Å². The van der Waals surface area contributed by atoms with Crippen LogP contribution in [0.3, 0.4) is 0 Å². The topological polar surface area (TPSA) is 69.6 Å². The zero-order chi connectivity index (χ0) is 19.8. The first kappa shape index (κ1) is 17.9. The minimum absolute atomic E-state index is 0.00522. The average Bonchev–Trinajstić information content (AvgIpc) is 2.89. The van der Waals surface area contributed by atoms with Crippen LogP contribution >= 0.6 is 0 Å². The smallest absolute Gasteiger partial charge is 0.318 e. The number of hydrogen-bond acceptors (Lipinski definition) is 2. The molecule has 2 amide bonds. The maximum Gasteiger partial charge on any atom is 0.318 e. The van der Waals surface area contributed by atoms with E-state index in [-0.39, 0.29) is 29.5 Å². The van der Waals surface area contributed by atoms with E-state index in [0.717, 1.165) is 25.3 Å². The molecule has 0 spiro atoms. The molecule has 1 saturated heterocycles. The van der Waals surface area contributed by atoms with Crippen LogP contribution in [0.4, 0.5) is 13.6 Å². The molecule has 0 radical (unpaired) electrons. The highest BCUT2D eigenvalue weighted by molar-refractivity contribution is 5.79. The molecule has 5 nitrogen and oxygen atoms in total. The van der Waals surface area contributed by atoms with Crippen LogP contribution in [0.25, 0.3) is 0 Å². The summed E-state index contributed by atoms with van der Waals surface area (Å²) in [6.45, 7) is 2.06. The molecule has 1 aliphatic heterocycles. The molecule has 2 N–H and O–H groups in total. The number of rotatable bonds is 3. The molecule has 1 aromatic rings. The van der Waals surface area contributed by atoms with Crippen molar-refractivity contribution in [3.8, 4) is 0 Å². The van der Waals surface area contributed by atoms with Gasteiger partial charge in [0, 0.05) is 24.2 Å². The molecule has 6 rings (SSSR count). The van der Waals surface area contributed by atoms with E-state index in [1.54, 1.807) is 11.8 Å². The maximum absolute atomic E-state index is 14.4. The van der Waals surface area contributed by atoms with Crippen LogP contribution in [0.15, 0.2) is 18.2 Å². The zero-order valence-corrected chi connectivity index (χ0v) is 15.8. The average molecular weight is 390 g/mol. The van der Waals surface area contributed by atoms with Crippen molar-refractivity contribution in [3.05, 3.63) is 35.4 Å². The van der Waals surface area contributed by atoms with Gasteiger partial charge in [-0.3, -0.25) is 4.79 Å². The minimum atomic E-state index is -0.936. The van der Waals surface area contributed by atoms with E-state index >= 15 is 0 Å². The minimum Gasteiger partial charge on any atom is -0.481 e. The van der Waals surface area contributed by atoms with Gasteiger partial charge < -0.3 is 15.3 Å². The Kier molecular flexibility index (Phi) is 3.62. The van der Waals surface area contributed by atoms with E-state index in [1.807, 2.05) is 0 Å². The van der Waals surface area contributed by atoms with Crippen molar-refractivity contribution in [1.29, 1.82) is 0 Å². The van der Waals surface area contributed by atoms with Crippen LogP contribution in [0, 0.1) is 34.8 Å². The van der Waals surface area contributed by atoms with Gasteiger partial charge in [-0.25, -0.2) is 13.6 Å². The van der Waals surface area contributed by atoms with Gasteiger partial charge >= 0.3 is 12.0 Å². The van der Waals surface area contributed by atoms with Crippen LogP contribution in [0.5, 0.6) is 0 Å². The maximum atomic E-state index is 14.4. The molecule has 5 aliphatic rings. The molecule has 4 saturated carbocycles. The Balaban J connectivity index is 1.44. The number of halogens is 2. The molecule has 4 bridgehead atoms. The number of nitrogens with one attached hydrogen (secondary N) is 1. The van der Waals surface area contributed by atoms with Crippen LogP contribution in [0.1, 0.15) is 44.6 Å². The number of aliphatic carboxylic acids is 1. The number of amides is 2. The van der Waals surface area contributed by atoms with Crippen LogP contribution in [0.2, 0.25) is 0 Å². The summed E-state index contributed by atoms with van der Waals surface area (Å²) in [5.41, 5.74) is -1.29. The van der Waals surface area contributed by atoms with E-state index in [2.05, 4.69) is 5.32 Å². The molecule has 1 aromatic carbocycles.